The number of alkyl halides is 3. The summed E-state index contributed by atoms with van der Waals surface area (Å²) in [6, 6.07) is 0. The lowest BCUT2D eigenvalue weighted by molar-refractivity contribution is -0.141. The first-order valence-electron chi connectivity index (χ1n) is 6.01. The van der Waals surface area contributed by atoms with E-state index in [1.54, 1.807) is 13.8 Å². The molecule has 1 aromatic heterocycles. The first kappa shape index (κ1) is 15.8. The quantitative estimate of drug-likeness (QED) is 0.903. The summed E-state index contributed by atoms with van der Waals surface area (Å²) in [6.07, 6.45) is -4.70. The lowest BCUT2D eigenvalue weighted by Crippen LogP contribution is -2.24. The molecule has 1 aromatic rings. The van der Waals surface area contributed by atoms with Crippen LogP contribution in [0.5, 0.6) is 0 Å². The van der Waals surface area contributed by atoms with Crippen LogP contribution in [-0.4, -0.2) is 29.3 Å². The summed E-state index contributed by atoms with van der Waals surface area (Å²) in [6.45, 7) is 4.62. The van der Waals surface area contributed by atoms with E-state index in [0.29, 0.717) is 0 Å². The molecule has 0 saturated heterocycles. The van der Waals surface area contributed by atoms with Crippen molar-refractivity contribution in [3.63, 3.8) is 0 Å². The second-order valence-corrected chi connectivity index (χ2v) is 7.43. The molecule has 118 valence electrons. The Labute approximate surface area is 119 Å². The Morgan fingerprint density at radius 1 is 1.38 bits per heavy atom. The maximum atomic E-state index is 12.8. The second kappa shape index (κ2) is 4.72. The number of rotatable bonds is 2. The Hall–Kier alpha value is -1.58. The number of nitrogens with one attached hydrogen (secondary N) is 1. The number of hydrogen-bond acceptors (Lipinski definition) is 5. The molecule has 6 nitrogen and oxygen atoms in total. The number of oxime groups is 1. The normalized spacial score (nSPS) is 18.5. The van der Waals surface area contributed by atoms with Crippen molar-refractivity contribution in [2.45, 2.75) is 44.7 Å². The molecule has 2 rings (SSSR count). The standard InChI is InChI=1S/C11H14F3N3O3S/c1-6-7(9(16-15-6)11(12,13)14)5-21(18,19)8-4-10(2,3)20-17-8/h4-5H2,1-3H3,(H,15,16). The Morgan fingerprint density at radius 3 is 2.48 bits per heavy atom. The third-order valence-corrected chi connectivity index (χ3v) is 4.61. The summed E-state index contributed by atoms with van der Waals surface area (Å²) in [5.74, 6) is -0.817. The van der Waals surface area contributed by atoms with Crippen molar-refractivity contribution in [2.75, 3.05) is 0 Å². The van der Waals surface area contributed by atoms with Crippen LogP contribution >= 0.6 is 0 Å². The van der Waals surface area contributed by atoms with E-state index in [2.05, 4.69) is 15.4 Å². The van der Waals surface area contributed by atoms with E-state index >= 15 is 0 Å². The Bertz CT molecular complexity index is 689. The highest BCUT2D eigenvalue weighted by Crippen LogP contribution is 2.33. The lowest BCUT2D eigenvalue weighted by atomic mass is 10.1. The fourth-order valence-electron chi connectivity index (χ4n) is 1.91. The molecule has 1 N–H and O–H groups in total. The van der Waals surface area contributed by atoms with E-state index in [-0.39, 0.29) is 17.2 Å². The van der Waals surface area contributed by atoms with E-state index in [9.17, 15) is 21.6 Å². The number of aromatic amines is 1. The van der Waals surface area contributed by atoms with Gasteiger partial charge in [0.1, 0.15) is 5.60 Å². The smallest absolute Gasteiger partial charge is 0.389 e. The number of hydrogen-bond donors (Lipinski definition) is 1. The van der Waals surface area contributed by atoms with E-state index < -0.39 is 38.6 Å². The lowest BCUT2D eigenvalue weighted by Gasteiger charge is -2.13. The van der Waals surface area contributed by atoms with Gasteiger partial charge in [-0.25, -0.2) is 8.42 Å². The van der Waals surface area contributed by atoms with Gasteiger partial charge >= 0.3 is 6.18 Å². The molecule has 1 aliphatic heterocycles. The van der Waals surface area contributed by atoms with Crippen molar-refractivity contribution in [1.29, 1.82) is 0 Å². The third kappa shape index (κ3) is 3.20. The molecule has 21 heavy (non-hydrogen) atoms. The molecular formula is C11H14F3N3O3S. The molecule has 0 aromatic carbocycles. The van der Waals surface area contributed by atoms with Crippen LogP contribution in [0.1, 0.15) is 37.2 Å². The van der Waals surface area contributed by atoms with Crippen molar-refractivity contribution in [2.24, 2.45) is 5.16 Å². The monoisotopic (exact) mass is 325 g/mol. The summed E-state index contributed by atoms with van der Waals surface area (Å²) in [5.41, 5.74) is -2.33. The van der Waals surface area contributed by atoms with Crippen LogP contribution in [0.4, 0.5) is 13.2 Å². The van der Waals surface area contributed by atoms with Gasteiger partial charge in [-0.2, -0.15) is 18.3 Å². The van der Waals surface area contributed by atoms with Gasteiger partial charge in [-0.3, -0.25) is 5.10 Å². The molecule has 0 unspecified atom stereocenters. The third-order valence-electron chi connectivity index (χ3n) is 3.01. The van der Waals surface area contributed by atoms with Gasteiger partial charge < -0.3 is 4.84 Å². The van der Waals surface area contributed by atoms with Crippen molar-refractivity contribution >= 4 is 14.9 Å². The number of aromatic nitrogens is 2. The summed E-state index contributed by atoms with van der Waals surface area (Å²) >= 11 is 0. The number of sulfone groups is 1. The highest BCUT2D eigenvalue weighted by Gasteiger charge is 2.41. The maximum absolute atomic E-state index is 12.8. The summed E-state index contributed by atoms with van der Waals surface area (Å²) < 4.78 is 62.8. The minimum atomic E-state index is -4.72. The summed E-state index contributed by atoms with van der Waals surface area (Å²) in [4.78, 5) is 4.95. The molecule has 0 bridgehead atoms. The van der Waals surface area contributed by atoms with E-state index in [1.807, 2.05) is 0 Å². The second-order valence-electron chi connectivity index (χ2n) is 5.45. The van der Waals surface area contributed by atoms with Gasteiger partial charge in [-0.1, -0.05) is 5.16 Å². The van der Waals surface area contributed by atoms with Gasteiger partial charge in [-0.15, -0.1) is 0 Å². The predicted octanol–water partition coefficient (Wildman–Crippen LogP) is 2.16. The zero-order valence-corrected chi connectivity index (χ0v) is 12.4. The Balaban J connectivity index is 2.33. The van der Waals surface area contributed by atoms with Crippen molar-refractivity contribution in [3.8, 4) is 0 Å². The predicted molar refractivity (Wildman–Crippen MR) is 68.2 cm³/mol. The fourth-order valence-corrected chi connectivity index (χ4v) is 3.52. The minimum absolute atomic E-state index is 0.0214. The van der Waals surface area contributed by atoms with Crippen LogP contribution in [0.15, 0.2) is 5.16 Å². The molecule has 0 spiro atoms. The van der Waals surface area contributed by atoms with Crippen molar-refractivity contribution in [3.05, 3.63) is 17.0 Å². The van der Waals surface area contributed by atoms with E-state index in [4.69, 9.17) is 4.84 Å². The van der Waals surface area contributed by atoms with Gasteiger partial charge in [0.05, 0.1) is 5.75 Å². The number of halogens is 3. The fraction of sp³-hybridized carbons (Fsp3) is 0.636. The van der Waals surface area contributed by atoms with Crippen LogP contribution in [0, 0.1) is 6.92 Å². The zero-order valence-electron chi connectivity index (χ0n) is 11.6. The van der Waals surface area contributed by atoms with Crippen LogP contribution in [-0.2, 0) is 26.6 Å². The van der Waals surface area contributed by atoms with Crippen molar-refractivity contribution in [1.82, 2.24) is 10.2 Å². The van der Waals surface area contributed by atoms with Gasteiger partial charge in [0.25, 0.3) is 0 Å². The van der Waals surface area contributed by atoms with Crippen LogP contribution in [0.3, 0.4) is 0 Å². The van der Waals surface area contributed by atoms with Crippen molar-refractivity contribution < 1.29 is 26.4 Å². The SMILES string of the molecule is Cc1[nH]nc(C(F)(F)F)c1CS(=O)(=O)C1=NOC(C)(C)C1. The zero-order chi connectivity index (χ0) is 16.1. The number of nitrogens with zero attached hydrogens (tertiary/aromatic N) is 2. The van der Waals surface area contributed by atoms with E-state index in [1.165, 1.54) is 6.92 Å². The molecule has 0 fully saturated rings. The molecule has 0 aliphatic carbocycles. The maximum Gasteiger partial charge on any atom is 0.435 e. The topological polar surface area (TPSA) is 84.4 Å². The Morgan fingerprint density at radius 2 is 2.00 bits per heavy atom. The largest absolute Gasteiger partial charge is 0.435 e. The highest BCUT2D eigenvalue weighted by molar-refractivity contribution is 8.05. The average molecular weight is 325 g/mol. The molecule has 0 radical (unpaired) electrons. The molecule has 2 heterocycles. The first-order chi connectivity index (χ1) is 9.42. The summed E-state index contributed by atoms with van der Waals surface area (Å²) in [7, 11) is -3.99. The number of aryl methyl sites for hydroxylation is 1. The van der Waals surface area contributed by atoms with Gasteiger partial charge in [0, 0.05) is 17.7 Å². The van der Waals surface area contributed by atoms with Crippen LogP contribution in [0.25, 0.3) is 0 Å². The molecule has 0 saturated carbocycles. The van der Waals surface area contributed by atoms with Crippen LogP contribution < -0.4 is 0 Å². The first-order valence-corrected chi connectivity index (χ1v) is 7.66. The Kier molecular flexibility index (Phi) is 3.55. The number of H-pyrrole nitrogens is 1. The summed E-state index contributed by atoms with van der Waals surface area (Å²) in [5, 5.41) is 8.54. The van der Waals surface area contributed by atoms with Crippen LogP contribution in [0.2, 0.25) is 0 Å². The van der Waals surface area contributed by atoms with E-state index in [0.717, 1.165) is 0 Å². The highest BCUT2D eigenvalue weighted by atomic mass is 32.2. The minimum Gasteiger partial charge on any atom is -0.389 e. The van der Waals surface area contributed by atoms with Gasteiger partial charge in [0.15, 0.2) is 20.6 Å². The van der Waals surface area contributed by atoms with Gasteiger partial charge in [0.2, 0.25) is 0 Å². The molecule has 10 heteroatoms. The average Bonchev–Trinajstić information content (AvgIpc) is 2.82. The molecular weight excluding hydrogens is 311 g/mol. The molecule has 0 atom stereocenters. The molecule has 1 aliphatic rings. The molecule has 0 amide bonds. The van der Waals surface area contributed by atoms with Gasteiger partial charge in [-0.05, 0) is 20.8 Å².